The summed E-state index contributed by atoms with van der Waals surface area (Å²) in [5.41, 5.74) is 3.55. The third kappa shape index (κ3) is 2.58. The van der Waals surface area contributed by atoms with E-state index < -0.39 is 0 Å². The van der Waals surface area contributed by atoms with Crippen LogP contribution in [0.15, 0.2) is 30.7 Å². The summed E-state index contributed by atoms with van der Waals surface area (Å²) in [5.74, 6) is 1.03. The highest BCUT2D eigenvalue weighted by atomic mass is 16.5. The van der Waals surface area contributed by atoms with Crippen LogP contribution in [0.4, 0.5) is 0 Å². The molecule has 5 heteroatoms. The van der Waals surface area contributed by atoms with Gasteiger partial charge in [-0.15, -0.1) is 0 Å². The molecule has 1 aromatic carbocycles. The normalized spacial score (nSPS) is 11.3. The minimum atomic E-state index is 0.482. The molecule has 0 spiro atoms. The molecule has 0 aliphatic carbocycles. The zero-order valence-electron chi connectivity index (χ0n) is 11.8. The number of aromatic nitrogens is 4. The molecule has 0 aliphatic rings. The van der Waals surface area contributed by atoms with E-state index in [2.05, 4.69) is 34.1 Å². The average molecular weight is 270 g/mol. The van der Waals surface area contributed by atoms with Crippen molar-refractivity contribution in [2.45, 2.75) is 26.5 Å². The van der Waals surface area contributed by atoms with Gasteiger partial charge in [-0.2, -0.15) is 5.10 Å². The first-order valence-corrected chi connectivity index (χ1v) is 6.70. The highest BCUT2D eigenvalue weighted by Crippen LogP contribution is 2.20. The van der Waals surface area contributed by atoms with E-state index in [1.807, 2.05) is 17.1 Å². The molecule has 0 amide bonds. The first-order chi connectivity index (χ1) is 9.76. The van der Waals surface area contributed by atoms with E-state index in [1.54, 1.807) is 13.3 Å². The number of aryl methyl sites for hydroxylation is 3. The molecule has 0 atom stereocenters. The van der Waals surface area contributed by atoms with Crippen molar-refractivity contribution in [3.05, 3.63) is 47.7 Å². The number of methoxy groups -OCH3 is 1. The first kappa shape index (κ1) is 12.9. The Hall–Kier alpha value is -2.14. The van der Waals surface area contributed by atoms with Crippen molar-refractivity contribution in [2.75, 3.05) is 7.11 Å². The summed E-state index contributed by atoms with van der Waals surface area (Å²) in [6, 6.07) is 4.40. The summed E-state index contributed by atoms with van der Waals surface area (Å²) in [7, 11) is 1.67. The molecular weight excluding hydrogens is 252 g/mol. The van der Waals surface area contributed by atoms with Gasteiger partial charge in [0.2, 0.25) is 0 Å². The highest BCUT2D eigenvalue weighted by Gasteiger charge is 2.06. The van der Waals surface area contributed by atoms with Gasteiger partial charge >= 0.3 is 0 Å². The smallest absolute Gasteiger partial charge is 0.138 e. The molecule has 0 unspecified atom stereocenters. The second kappa shape index (κ2) is 5.46. The van der Waals surface area contributed by atoms with Crippen molar-refractivity contribution in [3.63, 3.8) is 0 Å². The average Bonchev–Trinajstić information content (AvgIpc) is 3.05. The van der Waals surface area contributed by atoms with E-state index in [4.69, 9.17) is 4.74 Å². The number of ether oxygens (including phenoxy) is 1. The molecule has 1 N–H and O–H groups in total. The Labute approximate surface area is 117 Å². The summed E-state index contributed by atoms with van der Waals surface area (Å²) >= 11 is 0. The molecule has 0 radical (unpaired) electrons. The number of H-pyrrole nitrogens is 1. The lowest BCUT2D eigenvalue weighted by Crippen LogP contribution is -1.99. The van der Waals surface area contributed by atoms with E-state index in [1.165, 1.54) is 11.1 Å². The quantitative estimate of drug-likeness (QED) is 0.774. The fourth-order valence-electron chi connectivity index (χ4n) is 2.48. The Morgan fingerprint density at radius 1 is 1.30 bits per heavy atom. The van der Waals surface area contributed by atoms with Gasteiger partial charge in [0.25, 0.3) is 0 Å². The van der Waals surface area contributed by atoms with Crippen LogP contribution in [0.5, 0.6) is 0 Å². The zero-order valence-corrected chi connectivity index (χ0v) is 11.8. The molecule has 3 rings (SSSR count). The summed E-state index contributed by atoms with van der Waals surface area (Å²) in [6.07, 6.45) is 7.57. The number of nitrogens with zero attached hydrogens (tertiary/aromatic N) is 3. The molecule has 0 saturated carbocycles. The van der Waals surface area contributed by atoms with Crippen LogP contribution in [0.2, 0.25) is 0 Å². The standard InChI is InChI=1S/C15H18N4O/c1-11-7-12(3-4-14-16-5-6-17-14)8-13-9-19(10-20-2)18-15(11)13/h5-9H,3-4,10H2,1-2H3,(H,16,17). The zero-order chi connectivity index (χ0) is 13.9. The minimum Gasteiger partial charge on any atom is -0.362 e. The van der Waals surface area contributed by atoms with Crippen LogP contribution >= 0.6 is 0 Å². The fourth-order valence-corrected chi connectivity index (χ4v) is 2.48. The van der Waals surface area contributed by atoms with Gasteiger partial charge in [-0.3, -0.25) is 0 Å². The van der Waals surface area contributed by atoms with Gasteiger partial charge in [-0.05, 0) is 30.5 Å². The summed E-state index contributed by atoms with van der Waals surface area (Å²) in [5, 5.41) is 5.69. The van der Waals surface area contributed by atoms with Crippen molar-refractivity contribution < 1.29 is 4.74 Å². The monoisotopic (exact) mass is 270 g/mol. The third-order valence-corrected chi connectivity index (χ3v) is 3.37. The molecule has 5 nitrogen and oxygen atoms in total. The van der Waals surface area contributed by atoms with Crippen molar-refractivity contribution in [1.82, 2.24) is 19.7 Å². The molecule has 2 aromatic heterocycles. The van der Waals surface area contributed by atoms with Crippen molar-refractivity contribution in [1.29, 1.82) is 0 Å². The molecule has 104 valence electrons. The van der Waals surface area contributed by atoms with E-state index in [9.17, 15) is 0 Å². The van der Waals surface area contributed by atoms with Crippen molar-refractivity contribution >= 4 is 10.9 Å². The molecule has 0 aliphatic heterocycles. The maximum Gasteiger partial charge on any atom is 0.138 e. The first-order valence-electron chi connectivity index (χ1n) is 6.70. The maximum atomic E-state index is 5.11. The predicted octanol–water partition coefficient (Wildman–Crippen LogP) is 2.46. The van der Waals surface area contributed by atoms with E-state index in [0.29, 0.717) is 6.73 Å². The summed E-state index contributed by atoms with van der Waals surface area (Å²) in [6.45, 7) is 2.58. The van der Waals surface area contributed by atoms with Gasteiger partial charge in [0.1, 0.15) is 12.6 Å². The number of imidazole rings is 1. The second-order valence-electron chi connectivity index (χ2n) is 4.97. The van der Waals surface area contributed by atoms with Crippen LogP contribution in [0.3, 0.4) is 0 Å². The fraction of sp³-hybridized carbons (Fsp3) is 0.333. The van der Waals surface area contributed by atoms with Crippen LogP contribution in [0, 0.1) is 6.92 Å². The van der Waals surface area contributed by atoms with Gasteiger partial charge in [0.05, 0.1) is 5.52 Å². The number of hydrogen-bond acceptors (Lipinski definition) is 3. The van der Waals surface area contributed by atoms with Gasteiger partial charge < -0.3 is 9.72 Å². The van der Waals surface area contributed by atoms with Crippen LogP contribution in [0.1, 0.15) is 17.0 Å². The third-order valence-electron chi connectivity index (χ3n) is 3.37. The molecule has 20 heavy (non-hydrogen) atoms. The lowest BCUT2D eigenvalue weighted by atomic mass is 10.0. The molecule has 2 heterocycles. The lowest BCUT2D eigenvalue weighted by molar-refractivity contribution is 0.121. The van der Waals surface area contributed by atoms with Gasteiger partial charge in [0.15, 0.2) is 0 Å². The highest BCUT2D eigenvalue weighted by molar-refractivity contribution is 5.82. The lowest BCUT2D eigenvalue weighted by Gasteiger charge is -2.02. The Morgan fingerprint density at radius 3 is 2.95 bits per heavy atom. The summed E-state index contributed by atoms with van der Waals surface area (Å²) < 4.78 is 6.94. The Bertz CT molecular complexity index is 700. The van der Waals surface area contributed by atoms with Crippen LogP contribution in [-0.2, 0) is 24.3 Å². The van der Waals surface area contributed by atoms with Crippen molar-refractivity contribution in [2.24, 2.45) is 0 Å². The Kier molecular flexibility index (Phi) is 3.52. The van der Waals surface area contributed by atoms with E-state index >= 15 is 0 Å². The topological polar surface area (TPSA) is 55.7 Å². The van der Waals surface area contributed by atoms with Crippen LogP contribution in [-0.4, -0.2) is 26.9 Å². The molecule has 0 saturated heterocycles. The van der Waals surface area contributed by atoms with E-state index in [0.717, 1.165) is 29.6 Å². The number of rotatable bonds is 5. The van der Waals surface area contributed by atoms with Crippen LogP contribution < -0.4 is 0 Å². The molecule has 0 bridgehead atoms. The number of fused-ring (bicyclic) bond motifs is 1. The number of nitrogens with one attached hydrogen (secondary N) is 1. The second-order valence-corrected chi connectivity index (χ2v) is 4.97. The maximum absolute atomic E-state index is 5.11. The van der Waals surface area contributed by atoms with Gasteiger partial charge in [-0.1, -0.05) is 6.07 Å². The number of aromatic amines is 1. The molecular formula is C15H18N4O. The Balaban J connectivity index is 1.84. The Morgan fingerprint density at radius 2 is 2.20 bits per heavy atom. The predicted molar refractivity (Wildman–Crippen MR) is 77.5 cm³/mol. The van der Waals surface area contributed by atoms with Gasteiger partial charge in [-0.25, -0.2) is 9.67 Å². The molecule has 3 aromatic rings. The summed E-state index contributed by atoms with van der Waals surface area (Å²) in [4.78, 5) is 7.39. The number of hydrogen-bond donors (Lipinski definition) is 1. The SMILES string of the molecule is COCn1cc2cc(CCc3ncc[nH]3)cc(C)c2n1. The van der Waals surface area contributed by atoms with E-state index in [-0.39, 0.29) is 0 Å². The van der Waals surface area contributed by atoms with Gasteiger partial charge in [0, 0.05) is 37.5 Å². The molecule has 0 fully saturated rings. The minimum absolute atomic E-state index is 0.482. The van der Waals surface area contributed by atoms with Crippen molar-refractivity contribution in [3.8, 4) is 0 Å². The largest absolute Gasteiger partial charge is 0.362 e. The number of benzene rings is 1. The van der Waals surface area contributed by atoms with Crippen LogP contribution in [0.25, 0.3) is 10.9 Å².